The highest BCUT2D eigenvalue weighted by Crippen LogP contribution is 2.38. The smallest absolute Gasteiger partial charge is 0.268 e. The van der Waals surface area contributed by atoms with Gasteiger partial charge in [0.2, 0.25) is 5.91 Å². The monoisotopic (exact) mass is 925 g/mol. The number of carbonyl (C=O) groups excluding carboxylic acids is 1. The molecule has 0 bridgehead atoms. The molecule has 0 aromatic rings. The summed E-state index contributed by atoms with van der Waals surface area (Å²) < 4.78 is 23.2. The van der Waals surface area contributed by atoms with Crippen molar-refractivity contribution in [1.29, 1.82) is 0 Å². The summed E-state index contributed by atoms with van der Waals surface area (Å²) in [4.78, 5) is 25.4. The highest BCUT2D eigenvalue weighted by Gasteiger charge is 2.23. The van der Waals surface area contributed by atoms with Crippen LogP contribution in [0.5, 0.6) is 0 Å². The Balaban J connectivity index is 4.35. The predicted molar refractivity (Wildman–Crippen MR) is 279 cm³/mol. The average molecular weight is 925 g/mol. The molecule has 0 aliphatic carbocycles. The average Bonchev–Trinajstić information content (AvgIpc) is 3.26. The molecule has 0 heterocycles. The molecule has 0 aliphatic heterocycles. The Labute approximate surface area is 400 Å². The fourth-order valence-electron chi connectivity index (χ4n) is 6.70. The fraction of sp³-hybridized carbons (Fsp3) is 0.661. The molecule has 3 unspecified atom stereocenters. The van der Waals surface area contributed by atoms with Crippen LogP contribution in [0, 0.1) is 0 Å². The molecule has 1 amide bonds. The summed E-state index contributed by atoms with van der Waals surface area (Å²) in [5, 5.41) is 13.8. The number of nitrogens with one attached hydrogen (secondary N) is 1. The van der Waals surface area contributed by atoms with E-state index in [1.165, 1.54) is 64.2 Å². The lowest BCUT2D eigenvalue weighted by atomic mass is 10.0. The van der Waals surface area contributed by atoms with Crippen molar-refractivity contribution in [3.05, 3.63) is 109 Å². The molecule has 2 N–H and O–H groups in total. The summed E-state index contributed by atoms with van der Waals surface area (Å²) in [5.74, 6) is -0.227. The Bertz CT molecular complexity index is 1420. The third-order valence-electron chi connectivity index (χ3n) is 10.7. The number of phosphoric ester groups is 1. The van der Waals surface area contributed by atoms with E-state index in [4.69, 9.17) is 9.05 Å². The number of carbonyl (C=O) groups is 1. The number of rotatable bonds is 45. The molecule has 0 fully saturated rings. The van der Waals surface area contributed by atoms with Crippen LogP contribution in [0.3, 0.4) is 0 Å². The number of hydrogen-bond acceptors (Lipinski definition) is 6. The number of unbranched alkanes of at least 4 members (excludes halogenated alkanes) is 16. The van der Waals surface area contributed by atoms with E-state index in [-0.39, 0.29) is 12.5 Å². The molecule has 0 radical (unpaired) electrons. The zero-order chi connectivity index (χ0) is 47.8. The van der Waals surface area contributed by atoms with Gasteiger partial charge in [-0.25, -0.2) is 0 Å². The quantitative estimate of drug-likeness (QED) is 0.0273. The van der Waals surface area contributed by atoms with Crippen LogP contribution < -0.4 is 10.2 Å². The summed E-state index contributed by atoms with van der Waals surface area (Å²) in [6, 6.07) is -0.908. The Morgan fingerprint density at radius 1 is 0.554 bits per heavy atom. The van der Waals surface area contributed by atoms with Crippen molar-refractivity contribution in [1.82, 2.24) is 5.32 Å². The minimum atomic E-state index is -4.61. The summed E-state index contributed by atoms with van der Waals surface area (Å²) in [6.45, 7) is 4.49. The molecule has 0 rings (SSSR count). The van der Waals surface area contributed by atoms with Crippen molar-refractivity contribution in [3.8, 4) is 0 Å². The topological polar surface area (TPSA) is 108 Å². The van der Waals surface area contributed by atoms with Gasteiger partial charge in [-0.05, 0) is 83.5 Å². The van der Waals surface area contributed by atoms with E-state index in [1.807, 2.05) is 27.2 Å². The van der Waals surface area contributed by atoms with Gasteiger partial charge in [-0.3, -0.25) is 9.36 Å². The van der Waals surface area contributed by atoms with Gasteiger partial charge in [0.1, 0.15) is 13.2 Å². The Morgan fingerprint density at radius 2 is 0.938 bits per heavy atom. The van der Waals surface area contributed by atoms with E-state index >= 15 is 0 Å². The number of allylic oxidation sites excluding steroid dienone is 17. The van der Waals surface area contributed by atoms with Gasteiger partial charge in [0, 0.05) is 6.42 Å². The number of aliphatic hydroxyl groups is 1. The van der Waals surface area contributed by atoms with Gasteiger partial charge in [-0.15, -0.1) is 0 Å². The van der Waals surface area contributed by atoms with Crippen molar-refractivity contribution >= 4 is 13.7 Å². The number of amides is 1. The first-order chi connectivity index (χ1) is 31.5. The first-order valence-electron chi connectivity index (χ1n) is 25.7. The van der Waals surface area contributed by atoms with Crippen molar-refractivity contribution in [2.24, 2.45) is 0 Å². The Morgan fingerprint density at radius 3 is 1.37 bits per heavy atom. The normalized spacial score (nSPS) is 15.0. The summed E-state index contributed by atoms with van der Waals surface area (Å²) in [5.41, 5.74) is 0. The van der Waals surface area contributed by atoms with E-state index in [2.05, 4.69) is 116 Å². The van der Waals surface area contributed by atoms with Crippen LogP contribution in [-0.2, 0) is 18.4 Å². The summed E-state index contributed by atoms with van der Waals surface area (Å²) >= 11 is 0. The van der Waals surface area contributed by atoms with Crippen LogP contribution in [0.4, 0.5) is 0 Å². The van der Waals surface area contributed by atoms with Gasteiger partial charge in [0.15, 0.2) is 0 Å². The van der Waals surface area contributed by atoms with Gasteiger partial charge in [0.05, 0.1) is 39.9 Å². The maximum absolute atomic E-state index is 12.9. The highest BCUT2D eigenvalue weighted by atomic mass is 31.2. The predicted octanol–water partition coefficient (Wildman–Crippen LogP) is 14.6. The molecule has 0 aromatic carbocycles. The first-order valence-corrected chi connectivity index (χ1v) is 27.2. The van der Waals surface area contributed by atoms with Crippen molar-refractivity contribution in [2.45, 2.75) is 199 Å². The van der Waals surface area contributed by atoms with E-state index in [0.29, 0.717) is 17.4 Å². The maximum Gasteiger partial charge on any atom is 0.268 e. The summed E-state index contributed by atoms with van der Waals surface area (Å²) in [6.07, 6.45) is 67.1. The third-order valence-corrected chi connectivity index (χ3v) is 11.7. The molecule has 9 heteroatoms. The van der Waals surface area contributed by atoms with E-state index in [1.54, 1.807) is 6.08 Å². The SMILES string of the molecule is CC/C=C\C/C=C\C/C=C\C/C=C\C/C=C\C/C=C\C/C=C\C/C=C\CCCCCCC(=O)NC(COP(=O)([O-])OCC[N+](C)(C)C)C(O)/C=C/CCCCCCCCCCCCCC. The molecule has 65 heavy (non-hydrogen) atoms. The zero-order valence-electron chi connectivity index (χ0n) is 42.1. The van der Waals surface area contributed by atoms with Gasteiger partial charge < -0.3 is 28.8 Å². The molecular weight excluding hydrogens is 828 g/mol. The van der Waals surface area contributed by atoms with Crippen LogP contribution in [0.2, 0.25) is 0 Å². The van der Waals surface area contributed by atoms with Crippen molar-refractivity contribution in [3.63, 3.8) is 0 Å². The molecule has 3 atom stereocenters. The second-order valence-corrected chi connectivity index (χ2v) is 19.6. The van der Waals surface area contributed by atoms with Crippen LogP contribution >= 0.6 is 7.82 Å². The van der Waals surface area contributed by atoms with Gasteiger partial charge in [-0.2, -0.15) is 0 Å². The Kier molecular flexibility index (Phi) is 44.3. The second-order valence-electron chi connectivity index (χ2n) is 18.1. The summed E-state index contributed by atoms with van der Waals surface area (Å²) in [7, 11) is 1.22. The fourth-order valence-corrected chi connectivity index (χ4v) is 7.42. The first kappa shape index (κ1) is 62.2. The van der Waals surface area contributed by atoms with Crippen LogP contribution in [-0.4, -0.2) is 68.5 Å². The number of likely N-dealkylation sites (N-methyl/N-ethyl adjacent to an activating group) is 1. The minimum Gasteiger partial charge on any atom is -0.756 e. The minimum absolute atomic E-state index is 0.0125. The van der Waals surface area contributed by atoms with Crippen LogP contribution in [0.25, 0.3) is 0 Å². The van der Waals surface area contributed by atoms with Gasteiger partial charge in [-0.1, -0.05) is 207 Å². The van der Waals surface area contributed by atoms with Crippen molar-refractivity contribution in [2.75, 3.05) is 40.9 Å². The molecule has 8 nitrogen and oxygen atoms in total. The van der Waals surface area contributed by atoms with Crippen LogP contribution in [0.15, 0.2) is 109 Å². The van der Waals surface area contributed by atoms with E-state index < -0.39 is 26.6 Å². The number of phosphoric acid groups is 1. The molecule has 372 valence electrons. The highest BCUT2D eigenvalue weighted by molar-refractivity contribution is 7.45. The lowest BCUT2D eigenvalue weighted by Gasteiger charge is -2.29. The van der Waals surface area contributed by atoms with Crippen LogP contribution in [0.1, 0.15) is 187 Å². The molecule has 0 saturated heterocycles. The molecular formula is C56H97N2O6P. The number of quaternary nitrogens is 1. The second kappa shape index (κ2) is 46.3. The number of hydrogen-bond donors (Lipinski definition) is 2. The molecule has 0 spiro atoms. The molecule has 0 aliphatic rings. The molecule has 0 aromatic heterocycles. The van der Waals surface area contributed by atoms with Crippen molar-refractivity contribution < 1.29 is 32.9 Å². The lowest BCUT2D eigenvalue weighted by molar-refractivity contribution is -0.870. The van der Waals surface area contributed by atoms with E-state index in [9.17, 15) is 19.4 Å². The maximum atomic E-state index is 12.9. The zero-order valence-corrected chi connectivity index (χ0v) is 43.0. The lowest BCUT2D eigenvalue weighted by Crippen LogP contribution is -2.45. The Hall–Kier alpha value is -2.84. The number of nitrogens with zero attached hydrogens (tertiary/aromatic N) is 1. The van der Waals surface area contributed by atoms with E-state index in [0.717, 1.165) is 103 Å². The molecule has 0 saturated carbocycles. The third kappa shape index (κ3) is 48.9. The number of aliphatic hydroxyl groups excluding tert-OH is 1. The van der Waals surface area contributed by atoms with Gasteiger partial charge in [0.25, 0.3) is 7.82 Å². The standard InChI is InChI=1S/C56H97N2O6P/c1-6-8-10-12-14-16-18-20-22-23-24-25-26-27-28-29-30-31-32-33-34-35-36-38-40-42-44-46-48-50-56(60)57-54(53-64-65(61,62)63-52-51-58(3,4)5)55(59)49-47-45-43-41-39-37-21-19-17-15-13-11-9-7-2/h8,10,14,16,20,22,24-25,27-28,30-31,33-34,36,38,47,49,54-55,59H,6-7,9,11-13,15,17-19,21,23,26,29,32,35,37,39-46,48,50-53H2,1-5H3,(H-,57,60,61,62)/b10-8-,16-14-,22-20-,25-24-,28-27-,31-30-,34-33-,38-36-,49-47+. The van der Waals surface area contributed by atoms with Gasteiger partial charge >= 0.3 is 0 Å². The largest absolute Gasteiger partial charge is 0.756 e.